The van der Waals surface area contributed by atoms with Gasteiger partial charge in [0.1, 0.15) is 11.5 Å². The van der Waals surface area contributed by atoms with Crippen molar-refractivity contribution in [3.8, 4) is 0 Å². The summed E-state index contributed by atoms with van der Waals surface area (Å²) in [6, 6.07) is 3.87. The third kappa shape index (κ3) is 6.42. The van der Waals surface area contributed by atoms with Crippen molar-refractivity contribution in [3.05, 3.63) is 62.0 Å². The molecule has 4 aliphatic heterocycles. The van der Waals surface area contributed by atoms with Crippen molar-refractivity contribution >= 4 is 40.8 Å². The number of pyridine rings is 1. The van der Waals surface area contributed by atoms with E-state index in [1.54, 1.807) is 17.5 Å². The number of hydrogen-bond acceptors (Lipinski definition) is 7. The molecule has 0 radical (unpaired) electrons. The average Bonchev–Trinajstić information content (AvgIpc) is 3.54. The van der Waals surface area contributed by atoms with Gasteiger partial charge in [-0.25, -0.2) is 14.8 Å². The summed E-state index contributed by atoms with van der Waals surface area (Å²) in [6.45, 7) is 11.9. The van der Waals surface area contributed by atoms with Crippen LogP contribution in [0.25, 0.3) is 11.7 Å². The van der Waals surface area contributed by atoms with E-state index in [1.165, 1.54) is 29.7 Å². The molecule has 0 spiro atoms. The highest BCUT2D eigenvalue weighted by molar-refractivity contribution is 7.09. The number of piperidine rings is 3. The molecule has 2 bridgehead atoms. The van der Waals surface area contributed by atoms with Crippen LogP contribution in [0.2, 0.25) is 0 Å². The number of hydrogen-bond donors (Lipinski definition) is 1. The second kappa shape index (κ2) is 13.0. The number of nitrogens with zero attached hydrogens (tertiary/aromatic N) is 6. The summed E-state index contributed by atoms with van der Waals surface area (Å²) in [6.07, 6.45) is 10.2. The maximum Gasteiger partial charge on any atom is 0.328 e. The maximum absolute atomic E-state index is 13.9. The molecule has 0 aliphatic carbocycles. The van der Waals surface area contributed by atoms with Crippen LogP contribution in [0.3, 0.4) is 0 Å². The maximum atomic E-state index is 13.9. The molecule has 1 unspecified atom stereocenters. The topological polar surface area (TPSA) is 108 Å². The minimum Gasteiger partial charge on any atom is -0.478 e. The molecule has 7 rings (SSSR count). The second-order valence-electron chi connectivity index (χ2n) is 13.3. The van der Waals surface area contributed by atoms with Gasteiger partial charge in [0.25, 0.3) is 11.5 Å². The predicted molar refractivity (Wildman–Crippen MR) is 177 cm³/mol. The van der Waals surface area contributed by atoms with Crippen molar-refractivity contribution in [2.45, 2.75) is 71.3 Å². The van der Waals surface area contributed by atoms with E-state index in [-0.39, 0.29) is 23.1 Å². The third-order valence-corrected chi connectivity index (χ3v) is 11.2. The Bertz CT molecular complexity index is 1630. The SMILES string of the molecule is CCC(C(=O)N1CCN(c2nc3cc(CCc4nc(C(C)C)cs4)ccn3c(=O)c2/C=C/C(=O)O)CC1)[N+]12CCC(CC1)CC2. The number of aromatic nitrogens is 3. The van der Waals surface area contributed by atoms with Crippen LogP contribution in [-0.2, 0) is 22.4 Å². The largest absolute Gasteiger partial charge is 0.478 e. The highest BCUT2D eigenvalue weighted by atomic mass is 32.1. The first kappa shape index (κ1) is 31.4. The number of carbonyl (C=O) groups excluding carboxylic acids is 1. The lowest BCUT2D eigenvalue weighted by Crippen LogP contribution is -2.68. The summed E-state index contributed by atoms with van der Waals surface area (Å²) in [5.41, 5.74) is 2.62. The molecule has 3 aromatic rings. The van der Waals surface area contributed by atoms with E-state index in [4.69, 9.17) is 9.97 Å². The zero-order chi connectivity index (χ0) is 31.7. The smallest absolute Gasteiger partial charge is 0.328 e. The van der Waals surface area contributed by atoms with E-state index in [9.17, 15) is 19.5 Å². The van der Waals surface area contributed by atoms with Gasteiger partial charge in [-0.15, -0.1) is 11.3 Å². The van der Waals surface area contributed by atoms with Crippen LogP contribution in [0.15, 0.2) is 34.6 Å². The fraction of sp³-hybridized carbons (Fsp3) is 0.559. The standard InChI is InChI=1S/C34H44N6O4S/c1-4-28(40-18-10-24(11-19-40)12-20-40)34(44)38-16-14-37(15-17-38)32-26(6-8-31(41)42)33(43)39-13-9-25(21-29(39)36-32)5-7-30-35-27(22-45-30)23(2)3/h6,8-9,13,21-24,28H,4-5,7,10-12,14-20H2,1-3H3/p+1/b8-6+. The third-order valence-electron chi connectivity index (χ3n) is 10.3. The Morgan fingerprint density at radius 2 is 1.80 bits per heavy atom. The number of quaternary nitrogens is 1. The summed E-state index contributed by atoms with van der Waals surface area (Å²) in [5.74, 6) is 0.832. The number of aryl methyl sites for hydroxylation is 2. The number of rotatable bonds is 10. The molecular formula is C34H45N6O4S+. The minimum atomic E-state index is -1.13. The van der Waals surface area contributed by atoms with E-state index < -0.39 is 5.97 Å². The first-order chi connectivity index (χ1) is 21.7. The zero-order valence-corrected chi connectivity index (χ0v) is 27.5. The van der Waals surface area contributed by atoms with E-state index in [2.05, 4.69) is 26.2 Å². The van der Waals surface area contributed by atoms with Gasteiger partial charge in [0.2, 0.25) is 0 Å². The Balaban J connectivity index is 1.22. The lowest BCUT2D eigenvalue weighted by Gasteiger charge is -2.53. The van der Waals surface area contributed by atoms with Gasteiger partial charge in [0, 0.05) is 56.7 Å². The normalized spacial score (nSPS) is 22.5. The number of carboxylic acids is 1. The summed E-state index contributed by atoms with van der Waals surface area (Å²) in [4.78, 5) is 52.7. The number of carbonyl (C=O) groups is 2. The van der Waals surface area contributed by atoms with Crippen molar-refractivity contribution in [1.82, 2.24) is 19.3 Å². The molecule has 1 N–H and O–H groups in total. The van der Waals surface area contributed by atoms with Crippen LogP contribution in [0.5, 0.6) is 0 Å². The van der Waals surface area contributed by atoms with Crippen LogP contribution >= 0.6 is 11.3 Å². The number of amides is 1. The summed E-state index contributed by atoms with van der Waals surface area (Å²) < 4.78 is 2.43. The summed E-state index contributed by atoms with van der Waals surface area (Å²) >= 11 is 1.68. The Morgan fingerprint density at radius 3 is 2.42 bits per heavy atom. The molecular weight excluding hydrogens is 588 g/mol. The molecule has 3 aromatic heterocycles. The van der Waals surface area contributed by atoms with Crippen LogP contribution < -0.4 is 10.5 Å². The molecule has 45 heavy (non-hydrogen) atoms. The summed E-state index contributed by atoms with van der Waals surface area (Å²) in [7, 11) is 0. The molecule has 11 heteroatoms. The molecule has 4 aliphatic rings. The lowest BCUT2D eigenvalue weighted by molar-refractivity contribution is -0.957. The van der Waals surface area contributed by atoms with E-state index in [0.717, 1.165) is 71.6 Å². The van der Waals surface area contributed by atoms with E-state index in [1.807, 2.05) is 21.9 Å². The van der Waals surface area contributed by atoms with Crippen molar-refractivity contribution in [3.63, 3.8) is 0 Å². The Hall–Kier alpha value is -3.57. The molecule has 1 amide bonds. The molecule has 4 saturated heterocycles. The van der Waals surface area contributed by atoms with Gasteiger partial charge in [0.15, 0.2) is 6.04 Å². The molecule has 0 aromatic carbocycles. The van der Waals surface area contributed by atoms with Gasteiger partial charge in [0.05, 0.1) is 35.9 Å². The highest BCUT2D eigenvalue weighted by Crippen LogP contribution is 2.37. The predicted octanol–water partition coefficient (Wildman–Crippen LogP) is 4.22. The van der Waals surface area contributed by atoms with Crippen LogP contribution in [0, 0.1) is 5.92 Å². The number of thiazole rings is 1. The molecule has 7 heterocycles. The quantitative estimate of drug-likeness (QED) is 0.263. The van der Waals surface area contributed by atoms with E-state index >= 15 is 0 Å². The number of carboxylic acid groups (broad SMARTS) is 1. The molecule has 10 nitrogen and oxygen atoms in total. The molecule has 1 atom stereocenters. The Labute approximate surface area is 268 Å². The van der Waals surface area contributed by atoms with Gasteiger partial charge < -0.3 is 19.4 Å². The fourth-order valence-electron chi connectivity index (χ4n) is 7.54. The van der Waals surface area contributed by atoms with Crippen LogP contribution in [0.4, 0.5) is 5.82 Å². The Morgan fingerprint density at radius 1 is 1.09 bits per heavy atom. The highest BCUT2D eigenvalue weighted by Gasteiger charge is 2.48. The zero-order valence-electron chi connectivity index (χ0n) is 26.7. The number of anilines is 1. The van der Waals surface area contributed by atoms with E-state index in [0.29, 0.717) is 43.6 Å². The van der Waals surface area contributed by atoms with Crippen molar-refractivity contribution in [2.75, 3.05) is 50.7 Å². The first-order valence-corrected chi connectivity index (χ1v) is 17.4. The van der Waals surface area contributed by atoms with Gasteiger partial charge in [-0.2, -0.15) is 0 Å². The average molecular weight is 634 g/mol. The monoisotopic (exact) mass is 633 g/mol. The van der Waals surface area contributed by atoms with Crippen LogP contribution in [-0.4, -0.2) is 92.6 Å². The van der Waals surface area contributed by atoms with Crippen molar-refractivity contribution < 1.29 is 19.2 Å². The molecule has 0 saturated carbocycles. The number of aliphatic carboxylic acids is 1. The first-order valence-electron chi connectivity index (χ1n) is 16.5. The second-order valence-corrected chi connectivity index (χ2v) is 14.2. The number of fused-ring (bicyclic) bond motifs is 4. The van der Waals surface area contributed by atoms with Crippen LogP contribution in [0.1, 0.15) is 74.2 Å². The van der Waals surface area contributed by atoms with Crippen molar-refractivity contribution in [1.29, 1.82) is 0 Å². The van der Waals surface area contributed by atoms with Gasteiger partial charge in [-0.1, -0.05) is 20.8 Å². The molecule has 4 fully saturated rings. The summed E-state index contributed by atoms with van der Waals surface area (Å²) in [5, 5.41) is 12.6. The van der Waals surface area contributed by atoms with Crippen molar-refractivity contribution in [2.24, 2.45) is 5.92 Å². The van der Waals surface area contributed by atoms with Gasteiger partial charge in [-0.3, -0.25) is 14.0 Å². The fourth-order valence-corrected chi connectivity index (χ4v) is 8.50. The Kier molecular flexibility index (Phi) is 9.10. The minimum absolute atomic E-state index is 0.00931. The number of piperazine rings is 1. The van der Waals surface area contributed by atoms with Gasteiger partial charge in [-0.05, 0) is 61.3 Å². The van der Waals surface area contributed by atoms with Gasteiger partial charge >= 0.3 is 5.97 Å². The molecule has 240 valence electrons. The lowest BCUT2D eigenvalue weighted by atomic mass is 9.83.